The van der Waals surface area contributed by atoms with Gasteiger partial charge in [0.15, 0.2) is 0 Å². The predicted molar refractivity (Wildman–Crippen MR) is 72.6 cm³/mol. The van der Waals surface area contributed by atoms with Crippen molar-refractivity contribution in [2.75, 3.05) is 25.4 Å². The van der Waals surface area contributed by atoms with Crippen molar-refractivity contribution < 1.29 is 9.90 Å². The Labute approximate surface area is 113 Å². The summed E-state index contributed by atoms with van der Waals surface area (Å²) in [5, 5.41) is 13.1. The van der Waals surface area contributed by atoms with Crippen molar-refractivity contribution in [1.82, 2.24) is 14.7 Å². The molecular formula is C13H22N4O2. The van der Waals surface area contributed by atoms with Crippen LogP contribution in [0.2, 0.25) is 0 Å². The molecule has 19 heavy (non-hydrogen) atoms. The lowest BCUT2D eigenvalue weighted by Gasteiger charge is -2.32. The van der Waals surface area contributed by atoms with Crippen LogP contribution in [-0.2, 0) is 6.54 Å². The fraction of sp³-hybridized carbons (Fsp3) is 0.692. The zero-order valence-corrected chi connectivity index (χ0v) is 11.4. The molecule has 1 aliphatic heterocycles. The van der Waals surface area contributed by atoms with Crippen molar-refractivity contribution >= 4 is 11.6 Å². The van der Waals surface area contributed by atoms with Gasteiger partial charge in [0.2, 0.25) is 0 Å². The second kappa shape index (κ2) is 6.06. The van der Waals surface area contributed by atoms with Crippen LogP contribution in [0, 0.1) is 5.92 Å². The number of rotatable bonds is 4. The topological polar surface area (TPSA) is 84.4 Å². The van der Waals surface area contributed by atoms with Crippen LogP contribution in [0.1, 0.15) is 36.7 Å². The van der Waals surface area contributed by atoms with E-state index in [0.29, 0.717) is 30.4 Å². The summed E-state index contributed by atoms with van der Waals surface area (Å²) in [6, 6.07) is 0. The van der Waals surface area contributed by atoms with Gasteiger partial charge in [0.1, 0.15) is 5.69 Å². The van der Waals surface area contributed by atoms with Crippen LogP contribution in [0.15, 0.2) is 6.20 Å². The number of nitrogen functional groups attached to an aromatic ring is 1. The summed E-state index contributed by atoms with van der Waals surface area (Å²) >= 11 is 0. The van der Waals surface area contributed by atoms with Crippen LogP contribution in [0.4, 0.5) is 5.69 Å². The summed E-state index contributed by atoms with van der Waals surface area (Å²) in [5.74, 6) is 0.349. The number of carbonyl (C=O) groups is 1. The maximum absolute atomic E-state index is 12.5. The van der Waals surface area contributed by atoms with E-state index in [4.69, 9.17) is 10.8 Å². The summed E-state index contributed by atoms with van der Waals surface area (Å²) in [6.07, 6.45) is 4.35. The minimum absolute atomic E-state index is 0.0421. The SMILES string of the molecule is CCn1ncc(N)c1C(=O)N1CCCC(CCO)C1. The first-order chi connectivity index (χ1) is 9.17. The number of aromatic nitrogens is 2. The largest absolute Gasteiger partial charge is 0.396 e. The molecule has 1 aromatic rings. The molecule has 1 fully saturated rings. The third kappa shape index (κ3) is 2.89. The van der Waals surface area contributed by atoms with E-state index >= 15 is 0 Å². The normalized spacial score (nSPS) is 19.7. The second-order valence-electron chi connectivity index (χ2n) is 5.04. The molecular weight excluding hydrogens is 244 g/mol. The lowest BCUT2D eigenvalue weighted by atomic mass is 9.95. The zero-order valence-electron chi connectivity index (χ0n) is 11.4. The molecule has 1 amide bonds. The highest BCUT2D eigenvalue weighted by Gasteiger charge is 2.27. The lowest BCUT2D eigenvalue weighted by Crippen LogP contribution is -2.41. The number of anilines is 1. The third-order valence-corrected chi connectivity index (χ3v) is 3.71. The van der Waals surface area contributed by atoms with Crippen LogP contribution < -0.4 is 5.73 Å². The Hall–Kier alpha value is -1.56. The van der Waals surface area contributed by atoms with Crippen molar-refractivity contribution in [3.8, 4) is 0 Å². The van der Waals surface area contributed by atoms with Crippen molar-refractivity contribution in [3.63, 3.8) is 0 Å². The summed E-state index contributed by atoms with van der Waals surface area (Å²) in [6.45, 7) is 4.21. The standard InChI is InChI=1S/C13H22N4O2/c1-2-17-12(11(14)8-15-17)13(19)16-6-3-4-10(9-16)5-7-18/h8,10,18H,2-7,9,14H2,1H3. The van der Waals surface area contributed by atoms with Gasteiger partial charge in [-0.15, -0.1) is 0 Å². The molecule has 0 aliphatic carbocycles. The van der Waals surface area contributed by atoms with E-state index in [2.05, 4.69) is 5.10 Å². The first kappa shape index (κ1) is 13.9. The fourth-order valence-electron chi connectivity index (χ4n) is 2.69. The van der Waals surface area contributed by atoms with E-state index in [-0.39, 0.29) is 12.5 Å². The molecule has 1 saturated heterocycles. The number of aliphatic hydroxyl groups is 1. The van der Waals surface area contributed by atoms with Gasteiger partial charge in [0, 0.05) is 26.2 Å². The van der Waals surface area contributed by atoms with Gasteiger partial charge < -0.3 is 15.7 Å². The number of aryl methyl sites for hydroxylation is 1. The highest BCUT2D eigenvalue weighted by molar-refractivity contribution is 5.97. The average molecular weight is 266 g/mol. The molecule has 0 aromatic carbocycles. The number of nitrogens with two attached hydrogens (primary N) is 1. The molecule has 3 N–H and O–H groups in total. The molecule has 1 atom stereocenters. The van der Waals surface area contributed by atoms with E-state index in [0.717, 1.165) is 25.8 Å². The van der Waals surface area contributed by atoms with Gasteiger partial charge in [-0.2, -0.15) is 5.10 Å². The van der Waals surface area contributed by atoms with Crippen LogP contribution in [0.25, 0.3) is 0 Å². The second-order valence-corrected chi connectivity index (χ2v) is 5.04. The van der Waals surface area contributed by atoms with Gasteiger partial charge >= 0.3 is 0 Å². The summed E-state index contributed by atoms with van der Waals surface area (Å²) in [5.41, 5.74) is 6.78. The van der Waals surface area contributed by atoms with Gasteiger partial charge in [0.25, 0.3) is 5.91 Å². The number of nitrogens with zero attached hydrogens (tertiary/aromatic N) is 3. The van der Waals surface area contributed by atoms with Crippen molar-refractivity contribution in [2.24, 2.45) is 5.92 Å². The Balaban J connectivity index is 2.12. The smallest absolute Gasteiger partial charge is 0.274 e. The summed E-state index contributed by atoms with van der Waals surface area (Å²) in [7, 11) is 0. The Kier molecular flexibility index (Phi) is 4.42. The highest BCUT2D eigenvalue weighted by atomic mass is 16.3. The maximum Gasteiger partial charge on any atom is 0.274 e. The minimum atomic E-state index is -0.0421. The molecule has 0 spiro atoms. The molecule has 0 saturated carbocycles. The number of hydrogen-bond donors (Lipinski definition) is 2. The number of piperidine rings is 1. The van der Waals surface area contributed by atoms with Gasteiger partial charge in [-0.25, -0.2) is 0 Å². The van der Waals surface area contributed by atoms with Crippen molar-refractivity contribution in [2.45, 2.75) is 32.7 Å². The Morgan fingerprint density at radius 2 is 2.42 bits per heavy atom. The van der Waals surface area contributed by atoms with E-state index in [1.807, 2.05) is 11.8 Å². The fourth-order valence-corrected chi connectivity index (χ4v) is 2.69. The van der Waals surface area contributed by atoms with Gasteiger partial charge in [0.05, 0.1) is 11.9 Å². The quantitative estimate of drug-likeness (QED) is 0.841. The van der Waals surface area contributed by atoms with Crippen LogP contribution in [0.5, 0.6) is 0 Å². The molecule has 6 nitrogen and oxygen atoms in total. The minimum Gasteiger partial charge on any atom is -0.396 e. The molecule has 0 bridgehead atoms. The number of aliphatic hydroxyl groups excluding tert-OH is 1. The summed E-state index contributed by atoms with van der Waals surface area (Å²) < 4.78 is 1.65. The Morgan fingerprint density at radius 1 is 1.63 bits per heavy atom. The van der Waals surface area contributed by atoms with E-state index in [1.165, 1.54) is 6.20 Å². The average Bonchev–Trinajstić information content (AvgIpc) is 2.80. The predicted octanol–water partition coefficient (Wildman–Crippen LogP) is 0.720. The first-order valence-electron chi connectivity index (χ1n) is 6.88. The van der Waals surface area contributed by atoms with Crippen molar-refractivity contribution in [3.05, 3.63) is 11.9 Å². The highest BCUT2D eigenvalue weighted by Crippen LogP contribution is 2.22. The molecule has 1 aliphatic rings. The van der Waals surface area contributed by atoms with Gasteiger partial charge in [-0.05, 0) is 32.1 Å². The van der Waals surface area contributed by atoms with Gasteiger partial charge in [-0.3, -0.25) is 9.48 Å². The molecule has 1 unspecified atom stereocenters. The molecule has 0 radical (unpaired) electrons. The van der Waals surface area contributed by atoms with E-state index in [9.17, 15) is 4.79 Å². The van der Waals surface area contributed by atoms with Crippen LogP contribution in [0.3, 0.4) is 0 Å². The number of likely N-dealkylation sites (tertiary alicyclic amines) is 1. The monoisotopic (exact) mass is 266 g/mol. The molecule has 2 heterocycles. The van der Waals surface area contributed by atoms with Crippen LogP contribution >= 0.6 is 0 Å². The molecule has 1 aromatic heterocycles. The first-order valence-corrected chi connectivity index (χ1v) is 6.88. The molecule has 2 rings (SSSR count). The van der Waals surface area contributed by atoms with Gasteiger partial charge in [-0.1, -0.05) is 0 Å². The number of amides is 1. The van der Waals surface area contributed by atoms with Crippen molar-refractivity contribution in [1.29, 1.82) is 0 Å². The summed E-state index contributed by atoms with van der Waals surface area (Å²) in [4.78, 5) is 14.4. The van der Waals surface area contributed by atoms with E-state index < -0.39 is 0 Å². The Bertz CT molecular complexity index is 442. The lowest BCUT2D eigenvalue weighted by molar-refractivity contribution is 0.0642. The zero-order chi connectivity index (χ0) is 13.8. The molecule has 106 valence electrons. The maximum atomic E-state index is 12.5. The number of carbonyl (C=O) groups excluding carboxylic acids is 1. The number of hydrogen-bond acceptors (Lipinski definition) is 4. The Morgan fingerprint density at radius 3 is 3.11 bits per heavy atom. The third-order valence-electron chi connectivity index (χ3n) is 3.71. The molecule has 6 heteroatoms. The van der Waals surface area contributed by atoms with E-state index in [1.54, 1.807) is 4.68 Å². The van der Waals surface area contributed by atoms with Crippen LogP contribution in [-0.4, -0.2) is 45.4 Å².